The zero-order valence-electron chi connectivity index (χ0n) is 11.2. The highest BCUT2D eigenvalue weighted by molar-refractivity contribution is 9.10. The summed E-state index contributed by atoms with van der Waals surface area (Å²) in [6.07, 6.45) is 0.227. The largest absolute Gasteiger partial charge is 0.496 e. The van der Waals surface area contributed by atoms with E-state index >= 15 is 0 Å². The van der Waals surface area contributed by atoms with Crippen molar-refractivity contribution in [3.8, 4) is 5.75 Å². The first-order chi connectivity index (χ1) is 9.93. The highest BCUT2D eigenvalue weighted by Crippen LogP contribution is 2.28. The van der Waals surface area contributed by atoms with Crippen molar-refractivity contribution >= 4 is 15.9 Å². The Kier molecular flexibility index (Phi) is 4.90. The maximum Gasteiger partial charge on any atom is 0.194 e. The van der Waals surface area contributed by atoms with E-state index in [0.29, 0.717) is 5.75 Å². The van der Waals surface area contributed by atoms with Crippen molar-refractivity contribution in [3.05, 3.63) is 63.4 Å². The van der Waals surface area contributed by atoms with Crippen LogP contribution in [0.15, 0.2) is 34.8 Å². The Morgan fingerprint density at radius 2 is 1.86 bits per heavy atom. The predicted molar refractivity (Wildman–Crippen MR) is 77.6 cm³/mol. The molecule has 2 aromatic carbocycles. The van der Waals surface area contributed by atoms with Gasteiger partial charge in [0.25, 0.3) is 0 Å². The maximum atomic E-state index is 13.7. The Hall–Kier alpha value is -1.53. The molecule has 6 heteroatoms. The summed E-state index contributed by atoms with van der Waals surface area (Å²) in [6, 6.07) is 6.54. The molecule has 1 atom stereocenters. The third-order valence-corrected chi connectivity index (χ3v) is 3.64. The summed E-state index contributed by atoms with van der Waals surface area (Å²) in [5.41, 5.74) is 6.59. The molecule has 2 nitrogen and oxygen atoms in total. The lowest BCUT2D eigenvalue weighted by Gasteiger charge is -2.16. The fourth-order valence-corrected chi connectivity index (χ4v) is 2.49. The van der Waals surface area contributed by atoms with E-state index in [0.717, 1.165) is 22.2 Å². The summed E-state index contributed by atoms with van der Waals surface area (Å²) < 4.78 is 46.0. The second kappa shape index (κ2) is 6.49. The van der Waals surface area contributed by atoms with Crippen molar-refractivity contribution in [2.75, 3.05) is 7.11 Å². The Bertz CT molecular complexity index is 664. The molecule has 0 aromatic heterocycles. The molecule has 21 heavy (non-hydrogen) atoms. The van der Waals surface area contributed by atoms with Crippen LogP contribution in [0.2, 0.25) is 0 Å². The molecular weight excluding hydrogens is 347 g/mol. The van der Waals surface area contributed by atoms with Crippen LogP contribution in [-0.2, 0) is 6.42 Å². The summed E-state index contributed by atoms with van der Waals surface area (Å²) >= 11 is 3.33. The van der Waals surface area contributed by atoms with Crippen LogP contribution in [0.1, 0.15) is 17.2 Å². The molecule has 2 rings (SSSR count). The van der Waals surface area contributed by atoms with Gasteiger partial charge in [0.1, 0.15) is 5.75 Å². The molecule has 112 valence electrons. The molecule has 2 N–H and O–H groups in total. The van der Waals surface area contributed by atoms with Crippen LogP contribution < -0.4 is 10.5 Å². The van der Waals surface area contributed by atoms with Gasteiger partial charge in [-0.1, -0.05) is 22.0 Å². The van der Waals surface area contributed by atoms with Crippen LogP contribution in [0.25, 0.3) is 0 Å². The second-order valence-electron chi connectivity index (χ2n) is 4.53. The smallest absolute Gasteiger partial charge is 0.194 e. The average molecular weight is 360 g/mol. The highest BCUT2D eigenvalue weighted by Gasteiger charge is 2.19. The number of halogens is 4. The quantitative estimate of drug-likeness (QED) is 0.833. The number of methoxy groups -OCH3 is 1. The normalized spacial score (nSPS) is 12.3. The molecule has 0 aliphatic rings. The van der Waals surface area contributed by atoms with E-state index in [4.69, 9.17) is 10.5 Å². The Morgan fingerprint density at radius 1 is 1.14 bits per heavy atom. The highest BCUT2D eigenvalue weighted by atomic mass is 79.9. The lowest BCUT2D eigenvalue weighted by Crippen LogP contribution is -2.16. The molecule has 0 saturated carbocycles. The standard InChI is InChI=1S/C15H13BrF3NO/c1-21-13-5-2-9(16)6-8(13)7-12(20)10-3-4-11(17)15(19)14(10)18/h2-6,12H,7,20H2,1H3. The topological polar surface area (TPSA) is 35.2 Å². The van der Waals surface area contributed by atoms with Gasteiger partial charge in [-0.3, -0.25) is 0 Å². The van der Waals surface area contributed by atoms with E-state index in [2.05, 4.69) is 15.9 Å². The van der Waals surface area contributed by atoms with Crippen molar-refractivity contribution in [3.63, 3.8) is 0 Å². The summed E-state index contributed by atoms with van der Waals surface area (Å²) in [7, 11) is 1.51. The number of benzene rings is 2. The fourth-order valence-electron chi connectivity index (χ4n) is 2.08. The maximum absolute atomic E-state index is 13.7. The molecule has 0 fully saturated rings. The number of ether oxygens (including phenoxy) is 1. The van der Waals surface area contributed by atoms with Crippen molar-refractivity contribution in [1.82, 2.24) is 0 Å². The van der Waals surface area contributed by atoms with Crippen LogP contribution in [0, 0.1) is 17.5 Å². The van der Waals surface area contributed by atoms with Gasteiger partial charge in [-0.05, 0) is 36.2 Å². The molecule has 2 aromatic rings. The Balaban J connectivity index is 2.32. The van der Waals surface area contributed by atoms with Crippen molar-refractivity contribution < 1.29 is 17.9 Å². The molecule has 0 amide bonds. The Labute approximate surface area is 128 Å². The summed E-state index contributed by atoms with van der Waals surface area (Å²) in [5, 5.41) is 0. The third-order valence-electron chi connectivity index (χ3n) is 3.15. The molecule has 0 aliphatic carbocycles. The Morgan fingerprint density at radius 3 is 2.52 bits per heavy atom. The lowest BCUT2D eigenvalue weighted by molar-refractivity contribution is 0.406. The molecule has 0 radical (unpaired) electrons. The van der Waals surface area contributed by atoms with E-state index in [1.165, 1.54) is 7.11 Å². The first-order valence-electron chi connectivity index (χ1n) is 6.15. The van der Waals surface area contributed by atoms with Crippen LogP contribution in [-0.4, -0.2) is 7.11 Å². The van der Waals surface area contributed by atoms with Gasteiger partial charge >= 0.3 is 0 Å². The molecule has 0 aliphatic heterocycles. The van der Waals surface area contributed by atoms with Crippen LogP contribution >= 0.6 is 15.9 Å². The number of hydrogen-bond donors (Lipinski definition) is 1. The van der Waals surface area contributed by atoms with Gasteiger partial charge in [-0.25, -0.2) is 13.2 Å². The number of hydrogen-bond acceptors (Lipinski definition) is 2. The van der Waals surface area contributed by atoms with Crippen LogP contribution in [0.4, 0.5) is 13.2 Å². The van der Waals surface area contributed by atoms with Gasteiger partial charge < -0.3 is 10.5 Å². The van der Waals surface area contributed by atoms with Gasteiger partial charge in [0.15, 0.2) is 17.5 Å². The summed E-state index contributed by atoms with van der Waals surface area (Å²) in [5.74, 6) is -3.40. The van der Waals surface area contributed by atoms with Crippen molar-refractivity contribution in [2.24, 2.45) is 5.73 Å². The minimum Gasteiger partial charge on any atom is -0.496 e. The molecule has 1 unspecified atom stereocenters. The van der Waals surface area contributed by atoms with Gasteiger partial charge in [0.05, 0.1) is 7.11 Å². The number of nitrogens with two attached hydrogens (primary N) is 1. The van der Waals surface area contributed by atoms with E-state index in [1.54, 1.807) is 18.2 Å². The van der Waals surface area contributed by atoms with Crippen LogP contribution in [0.5, 0.6) is 5.75 Å². The average Bonchev–Trinajstić information content (AvgIpc) is 2.45. The SMILES string of the molecule is COc1ccc(Br)cc1CC(N)c1ccc(F)c(F)c1F. The second-order valence-corrected chi connectivity index (χ2v) is 5.45. The molecule has 0 saturated heterocycles. The van der Waals surface area contributed by atoms with Gasteiger partial charge in [0.2, 0.25) is 0 Å². The van der Waals surface area contributed by atoms with Crippen LogP contribution in [0.3, 0.4) is 0 Å². The van der Waals surface area contributed by atoms with Gasteiger partial charge in [0, 0.05) is 16.1 Å². The van der Waals surface area contributed by atoms with Gasteiger partial charge in [-0.2, -0.15) is 0 Å². The van der Waals surface area contributed by atoms with E-state index in [9.17, 15) is 13.2 Å². The molecule has 0 bridgehead atoms. The van der Waals surface area contributed by atoms with E-state index < -0.39 is 23.5 Å². The molecule has 0 spiro atoms. The van der Waals surface area contributed by atoms with Gasteiger partial charge in [-0.15, -0.1) is 0 Å². The zero-order valence-corrected chi connectivity index (χ0v) is 12.8. The minimum atomic E-state index is -1.51. The molecule has 0 heterocycles. The predicted octanol–water partition coefficient (Wildman–Crippen LogP) is 4.12. The van der Waals surface area contributed by atoms with Crippen molar-refractivity contribution in [1.29, 1.82) is 0 Å². The first-order valence-corrected chi connectivity index (χ1v) is 6.94. The van der Waals surface area contributed by atoms with E-state index in [-0.39, 0.29) is 12.0 Å². The lowest BCUT2D eigenvalue weighted by atomic mass is 9.98. The molecular formula is C15H13BrF3NO. The summed E-state index contributed by atoms with van der Waals surface area (Å²) in [6.45, 7) is 0. The van der Waals surface area contributed by atoms with Crippen molar-refractivity contribution in [2.45, 2.75) is 12.5 Å². The fraction of sp³-hybridized carbons (Fsp3) is 0.200. The third kappa shape index (κ3) is 3.39. The minimum absolute atomic E-state index is 0.0732. The van der Waals surface area contributed by atoms with E-state index in [1.807, 2.05) is 0 Å². The summed E-state index contributed by atoms with van der Waals surface area (Å²) in [4.78, 5) is 0. The monoisotopic (exact) mass is 359 g/mol. The number of rotatable bonds is 4. The zero-order chi connectivity index (χ0) is 15.6. The first kappa shape index (κ1) is 15.9.